The van der Waals surface area contributed by atoms with Gasteiger partial charge >= 0.3 is 0 Å². The summed E-state index contributed by atoms with van der Waals surface area (Å²) in [7, 11) is 0. The van der Waals surface area contributed by atoms with E-state index in [1.807, 2.05) is 4.90 Å². The van der Waals surface area contributed by atoms with Gasteiger partial charge in [0.1, 0.15) is 6.04 Å². The maximum Gasteiger partial charge on any atom is 0.243 e. The lowest BCUT2D eigenvalue weighted by Crippen LogP contribution is -2.62. The van der Waals surface area contributed by atoms with E-state index in [0.717, 1.165) is 25.7 Å². The van der Waals surface area contributed by atoms with E-state index in [1.54, 1.807) is 0 Å². The van der Waals surface area contributed by atoms with Gasteiger partial charge in [-0.15, -0.1) is 0 Å². The van der Waals surface area contributed by atoms with Gasteiger partial charge in [0.2, 0.25) is 11.8 Å². The van der Waals surface area contributed by atoms with Crippen molar-refractivity contribution >= 4 is 11.8 Å². The smallest absolute Gasteiger partial charge is 0.243 e. The molecule has 2 fully saturated rings. The average Bonchev–Trinajstić information content (AvgIpc) is 3.09. The number of amides is 2. The van der Waals surface area contributed by atoms with Crippen LogP contribution in [0, 0.1) is 5.92 Å². The van der Waals surface area contributed by atoms with E-state index in [2.05, 4.69) is 19.2 Å². The Morgan fingerprint density at radius 3 is 2.44 bits per heavy atom. The first-order valence-corrected chi connectivity index (χ1v) is 6.27. The monoisotopic (exact) mass is 224 g/mol. The van der Waals surface area contributed by atoms with Gasteiger partial charge in [-0.3, -0.25) is 9.59 Å². The van der Waals surface area contributed by atoms with Crippen LogP contribution in [-0.2, 0) is 9.59 Å². The fraction of sp³-hybridized carbons (Fsp3) is 0.833. The van der Waals surface area contributed by atoms with E-state index in [9.17, 15) is 9.59 Å². The molecule has 1 saturated carbocycles. The maximum absolute atomic E-state index is 12.0. The average molecular weight is 224 g/mol. The van der Waals surface area contributed by atoms with Gasteiger partial charge in [-0.25, -0.2) is 0 Å². The van der Waals surface area contributed by atoms with Gasteiger partial charge in [0.05, 0.1) is 6.54 Å². The highest BCUT2D eigenvalue weighted by atomic mass is 16.2. The Balaban J connectivity index is 2.20. The Labute approximate surface area is 96.4 Å². The first kappa shape index (κ1) is 11.4. The molecule has 1 saturated heterocycles. The van der Waals surface area contributed by atoms with Crippen LogP contribution in [0.2, 0.25) is 0 Å². The molecule has 1 aliphatic carbocycles. The highest BCUT2D eigenvalue weighted by Gasteiger charge is 2.46. The van der Waals surface area contributed by atoms with Crippen LogP contribution >= 0.6 is 0 Å². The molecule has 1 N–H and O–H groups in total. The third-order valence-electron chi connectivity index (χ3n) is 3.67. The van der Waals surface area contributed by atoms with E-state index in [-0.39, 0.29) is 30.4 Å². The molecule has 90 valence electrons. The lowest BCUT2D eigenvalue weighted by atomic mass is 10.0. The van der Waals surface area contributed by atoms with Crippen LogP contribution in [-0.4, -0.2) is 35.3 Å². The van der Waals surface area contributed by atoms with Crippen molar-refractivity contribution in [3.8, 4) is 0 Å². The normalized spacial score (nSPS) is 26.2. The summed E-state index contributed by atoms with van der Waals surface area (Å²) in [6.07, 6.45) is 4.03. The van der Waals surface area contributed by atoms with Crippen LogP contribution in [0.15, 0.2) is 0 Å². The van der Waals surface area contributed by atoms with E-state index >= 15 is 0 Å². The number of hydrogen-bond acceptors (Lipinski definition) is 2. The van der Waals surface area contributed by atoms with Gasteiger partial charge in [0.15, 0.2) is 0 Å². The fourth-order valence-electron chi connectivity index (χ4n) is 2.61. The molecule has 1 atom stereocenters. The molecule has 4 nitrogen and oxygen atoms in total. The molecular weight excluding hydrogens is 204 g/mol. The van der Waals surface area contributed by atoms with Crippen molar-refractivity contribution in [1.82, 2.24) is 10.2 Å². The minimum Gasteiger partial charge on any atom is -0.345 e. The molecule has 0 bridgehead atoms. The molecule has 1 unspecified atom stereocenters. The van der Waals surface area contributed by atoms with Crippen LogP contribution in [0.1, 0.15) is 39.5 Å². The molecule has 1 heterocycles. The summed E-state index contributed by atoms with van der Waals surface area (Å²) in [5.74, 6) is 0.545. The Morgan fingerprint density at radius 2 is 1.94 bits per heavy atom. The molecule has 0 aromatic carbocycles. The topological polar surface area (TPSA) is 49.4 Å². The highest BCUT2D eigenvalue weighted by Crippen LogP contribution is 2.37. The predicted octanol–water partition coefficient (Wildman–Crippen LogP) is 0.912. The number of carbonyl (C=O) groups is 2. The summed E-state index contributed by atoms with van der Waals surface area (Å²) in [6.45, 7) is 4.34. The second-order valence-electron chi connectivity index (χ2n) is 4.77. The maximum atomic E-state index is 12.0. The Bertz CT molecular complexity index is 295. The quantitative estimate of drug-likeness (QED) is 0.771. The highest BCUT2D eigenvalue weighted by molar-refractivity contribution is 5.95. The van der Waals surface area contributed by atoms with Crippen molar-refractivity contribution < 1.29 is 9.59 Å². The Morgan fingerprint density at radius 1 is 1.31 bits per heavy atom. The minimum atomic E-state index is -0.189. The van der Waals surface area contributed by atoms with Crippen molar-refractivity contribution in [3.63, 3.8) is 0 Å². The zero-order valence-corrected chi connectivity index (χ0v) is 10.0. The van der Waals surface area contributed by atoms with Gasteiger partial charge in [0, 0.05) is 6.04 Å². The van der Waals surface area contributed by atoms with Crippen molar-refractivity contribution in [2.45, 2.75) is 51.6 Å². The van der Waals surface area contributed by atoms with Gasteiger partial charge in [0.25, 0.3) is 0 Å². The SMILES string of the molecule is CCC(CC)N1C(=O)CNC(=O)C1C1CC1. The third-order valence-corrected chi connectivity index (χ3v) is 3.67. The lowest BCUT2D eigenvalue weighted by molar-refractivity contribution is -0.149. The zero-order valence-electron chi connectivity index (χ0n) is 10.0. The molecule has 2 aliphatic rings. The van der Waals surface area contributed by atoms with Crippen LogP contribution in [0.4, 0.5) is 0 Å². The van der Waals surface area contributed by atoms with Gasteiger partial charge in [-0.05, 0) is 31.6 Å². The van der Waals surface area contributed by atoms with Crippen molar-refractivity contribution in [2.75, 3.05) is 6.54 Å². The van der Waals surface area contributed by atoms with E-state index in [4.69, 9.17) is 0 Å². The number of hydrogen-bond donors (Lipinski definition) is 1. The van der Waals surface area contributed by atoms with Crippen LogP contribution in [0.5, 0.6) is 0 Å². The van der Waals surface area contributed by atoms with Crippen LogP contribution < -0.4 is 5.32 Å². The van der Waals surface area contributed by atoms with Crippen molar-refractivity contribution in [3.05, 3.63) is 0 Å². The third kappa shape index (κ3) is 1.93. The molecule has 0 spiro atoms. The van der Waals surface area contributed by atoms with E-state index in [1.165, 1.54) is 0 Å². The molecule has 2 rings (SSSR count). The van der Waals surface area contributed by atoms with Gasteiger partial charge in [-0.2, -0.15) is 0 Å². The summed E-state index contributed by atoms with van der Waals surface area (Å²) in [5.41, 5.74) is 0. The first-order valence-electron chi connectivity index (χ1n) is 6.27. The van der Waals surface area contributed by atoms with E-state index < -0.39 is 0 Å². The molecule has 2 amide bonds. The standard InChI is InChI=1S/C12H20N2O2/c1-3-9(4-2)14-10(15)7-13-12(16)11(14)8-5-6-8/h8-9,11H,3-7H2,1-2H3,(H,13,16). The summed E-state index contributed by atoms with van der Waals surface area (Å²) in [4.78, 5) is 25.7. The largest absolute Gasteiger partial charge is 0.345 e. The second kappa shape index (κ2) is 4.44. The predicted molar refractivity (Wildman–Crippen MR) is 60.7 cm³/mol. The molecule has 1 aliphatic heterocycles. The molecule has 0 aromatic rings. The zero-order chi connectivity index (χ0) is 11.7. The Kier molecular flexibility index (Phi) is 3.17. The molecule has 0 aromatic heterocycles. The molecule has 4 heteroatoms. The summed E-state index contributed by atoms with van der Waals surface area (Å²) < 4.78 is 0. The molecular formula is C12H20N2O2. The molecule has 0 radical (unpaired) electrons. The summed E-state index contributed by atoms with van der Waals surface area (Å²) in [6, 6.07) is 0.0373. The van der Waals surface area contributed by atoms with Crippen molar-refractivity contribution in [2.24, 2.45) is 5.92 Å². The number of nitrogens with one attached hydrogen (secondary N) is 1. The van der Waals surface area contributed by atoms with Crippen molar-refractivity contribution in [1.29, 1.82) is 0 Å². The molecule has 16 heavy (non-hydrogen) atoms. The minimum absolute atomic E-state index is 0.0500. The number of piperazine rings is 1. The Hall–Kier alpha value is -1.06. The lowest BCUT2D eigenvalue weighted by Gasteiger charge is -2.40. The van der Waals surface area contributed by atoms with Crippen LogP contribution in [0.25, 0.3) is 0 Å². The first-order chi connectivity index (χ1) is 7.69. The number of carbonyl (C=O) groups excluding carboxylic acids is 2. The van der Waals surface area contributed by atoms with Gasteiger partial charge in [-0.1, -0.05) is 13.8 Å². The van der Waals surface area contributed by atoms with Crippen LogP contribution in [0.3, 0.4) is 0 Å². The summed E-state index contributed by atoms with van der Waals surface area (Å²) in [5, 5.41) is 2.71. The van der Waals surface area contributed by atoms with Gasteiger partial charge < -0.3 is 10.2 Å². The number of rotatable bonds is 4. The number of nitrogens with zero attached hydrogens (tertiary/aromatic N) is 1. The fourth-order valence-corrected chi connectivity index (χ4v) is 2.61. The van der Waals surface area contributed by atoms with E-state index in [0.29, 0.717) is 5.92 Å². The second-order valence-corrected chi connectivity index (χ2v) is 4.77. The summed E-state index contributed by atoms with van der Waals surface area (Å²) >= 11 is 0.